The minimum Gasteiger partial charge on any atom is -0.383 e. The van der Waals surface area contributed by atoms with E-state index in [-0.39, 0.29) is 0 Å². The predicted octanol–water partition coefficient (Wildman–Crippen LogP) is 0.174. The van der Waals surface area contributed by atoms with Gasteiger partial charge >= 0.3 is 0 Å². The topological polar surface area (TPSA) is 24.5 Å². The molecule has 1 saturated heterocycles. The molecule has 0 aliphatic carbocycles. The molecule has 0 saturated carbocycles. The van der Waals surface area contributed by atoms with Gasteiger partial charge in [-0.2, -0.15) is 0 Å². The summed E-state index contributed by atoms with van der Waals surface area (Å²) >= 11 is 0. The van der Waals surface area contributed by atoms with Crippen LogP contribution in [-0.4, -0.2) is 51.8 Å². The maximum atomic E-state index is 5.04. The first kappa shape index (κ1) is 9.96. The molecule has 3 nitrogen and oxygen atoms in total. The number of nitrogens with zero attached hydrogens (tertiary/aromatic N) is 1. The van der Waals surface area contributed by atoms with E-state index in [2.05, 4.69) is 10.2 Å². The monoisotopic (exact) mass is 172 g/mol. The average molecular weight is 172 g/mol. The van der Waals surface area contributed by atoms with E-state index >= 15 is 0 Å². The zero-order chi connectivity index (χ0) is 8.81. The molecule has 0 radical (unpaired) electrons. The van der Waals surface area contributed by atoms with Gasteiger partial charge < -0.3 is 15.0 Å². The molecule has 1 unspecified atom stereocenters. The zero-order valence-electron chi connectivity index (χ0n) is 8.18. The molecule has 0 spiro atoms. The third-order valence-electron chi connectivity index (χ3n) is 2.47. The Kier molecular flexibility index (Phi) is 4.58. The Bertz CT molecular complexity index is 119. The summed E-state index contributed by atoms with van der Waals surface area (Å²) in [6.07, 6.45) is 1.34. The number of hydrogen-bond donors (Lipinski definition) is 1. The lowest BCUT2D eigenvalue weighted by Crippen LogP contribution is -2.27. The van der Waals surface area contributed by atoms with Crippen LogP contribution in [0.15, 0.2) is 0 Å². The van der Waals surface area contributed by atoms with Gasteiger partial charge in [-0.25, -0.2) is 0 Å². The Morgan fingerprint density at radius 3 is 3.08 bits per heavy atom. The SMILES string of the molecule is CNCC1CCN(CCOC)C1. The Labute approximate surface area is 75.1 Å². The fourth-order valence-corrected chi connectivity index (χ4v) is 1.79. The summed E-state index contributed by atoms with van der Waals surface area (Å²) in [5, 5.41) is 3.23. The molecule has 1 N–H and O–H groups in total. The highest BCUT2D eigenvalue weighted by Gasteiger charge is 2.20. The van der Waals surface area contributed by atoms with Crippen molar-refractivity contribution in [3.63, 3.8) is 0 Å². The van der Waals surface area contributed by atoms with Gasteiger partial charge in [-0.05, 0) is 32.5 Å². The normalized spacial score (nSPS) is 25.0. The minimum absolute atomic E-state index is 0.854. The van der Waals surface area contributed by atoms with Gasteiger partial charge in [0.1, 0.15) is 0 Å². The molecule has 1 aliphatic rings. The van der Waals surface area contributed by atoms with Crippen molar-refractivity contribution in [2.75, 3.05) is 46.9 Å². The van der Waals surface area contributed by atoms with Crippen LogP contribution < -0.4 is 5.32 Å². The Hall–Kier alpha value is -0.120. The Morgan fingerprint density at radius 2 is 2.42 bits per heavy atom. The molecule has 1 rings (SSSR count). The van der Waals surface area contributed by atoms with Gasteiger partial charge in [-0.15, -0.1) is 0 Å². The maximum Gasteiger partial charge on any atom is 0.0589 e. The third kappa shape index (κ3) is 3.09. The summed E-state index contributed by atoms with van der Waals surface area (Å²) in [6.45, 7) is 5.60. The fourth-order valence-electron chi connectivity index (χ4n) is 1.79. The van der Waals surface area contributed by atoms with E-state index in [1.54, 1.807) is 7.11 Å². The highest BCUT2D eigenvalue weighted by atomic mass is 16.5. The first-order valence-corrected chi connectivity index (χ1v) is 4.72. The minimum atomic E-state index is 0.854. The number of hydrogen-bond acceptors (Lipinski definition) is 3. The molecule has 12 heavy (non-hydrogen) atoms. The van der Waals surface area contributed by atoms with E-state index in [1.807, 2.05) is 7.05 Å². The lowest BCUT2D eigenvalue weighted by Gasteiger charge is -2.14. The van der Waals surface area contributed by atoms with Crippen LogP contribution in [0.4, 0.5) is 0 Å². The van der Waals surface area contributed by atoms with Gasteiger partial charge in [-0.3, -0.25) is 0 Å². The van der Waals surface area contributed by atoms with Gasteiger partial charge in [0, 0.05) is 20.2 Å². The van der Waals surface area contributed by atoms with Crippen molar-refractivity contribution in [1.29, 1.82) is 0 Å². The van der Waals surface area contributed by atoms with Crippen LogP contribution in [0.2, 0.25) is 0 Å². The van der Waals surface area contributed by atoms with E-state index in [0.29, 0.717) is 0 Å². The zero-order valence-corrected chi connectivity index (χ0v) is 8.18. The number of nitrogens with one attached hydrogen (secondary N) is 1. The molecule has 0 aromatic carbocycles. The molecule has 1 atom stereocenters. The van der Waals surface area contributed by atoms with Gasteiger partial charge in [0.2, 0.25) is 0 Å². The number of rotatable bonds is 5. The molecule has 1 heterocycles. The molecule has 72 valence electrons. The van der Waals surface area contributed by atoms with Crippen LogP contribution >= 0.6 is 0 Å². The van der Waals surface area contributed by atoms with E-state index in [9.17, 15) is 0 Å². The number of methoxy groups -OCH3 is 1. The van der Waals surface area contributed by atoms with Gasteiger partial charge in [0.25, 0.3) is 0 Å². The first-order chi connectivity index (χ1) is 5.86. The molecular formula is C9H20N2O. The summed E-state index contributed by atoms with van der Waals surface area (Å²) in [5.74, 6) is 0.854. The molecule has 0 aromatic rings. The van der Waals surface area contributed by atoms with Crippen LogP contribution in [0.25, 0.3) is 0 Å². The van der Waals surface area contributed by atoms with E-state index in [1.165, 1.54) is 19.5 Å². The van der Waals surface area contributed by atoms with Gasteiger partial charge in [0.15, 0.2) is 0 Å². The van der Waals surface area contributed by atoms with Crippen LogP contribution in [0, 0.1) is 5.92 Å². The molecule has 1 aliphatic heterocycles. The largest absolute Gasteiger partial charge is 0.383 e. The van der Waals surface area contributed by atoms with Crippen molar-refractivity contribution in [1.82, 2.24) is 10.2 Å². The quantitative estimate of drug-likeness (QED) is 0.640. The number of ether oxygens (including phenoxy) is 1. The lowest BCUT2D eigenvalue weighted by atomic mass is 10.1. The van der Waals surface area contributed by atoms with Crippen molar-refractivity contribution in [2.45, 2.75) is 6.42 Å². The van der Waals surface area contributed by atoms with Crippen molar-refractivity contribution >= 4 is 0 Å². The van der Waals surface area contributed by atoms with Crippen LogP contribution in [0.1, 0.15) is 6.42 Å². The molecule has 0 aromatic heterocycles. The van der Waals surface area contributed by atoms with Crippen LogP contribution in [0.3, 0.4) is 0 Å². The molecule has 0 bridgehead atoms. The lowest BCUT2D eigenvalue weighted by molar-refractivity contribution is 0.159. The second-order valence-corrected chi connectivity index (χ2v) is 3.51. The first-order valence-electron chi connectivity index (χ1n) is 4.72. The number of likely N-dealkylation sites (tertiary alicyclic amines) is 1. The summed E-state index contributed by atoms with van der Waals surface area (Å²) in [7, 11) is 3.79. The van der Waals surface area contributed by atoms with Crippen LogP contribution in [0.5, 0.6) is 0 Å². The second kappa shape index (κ2) is 5.51. The summed E-state index contributed by atoms with van der Waals surface area (Å²) in [5.41, 5.74) is 0. The van der Waals surface area contributed by atoms with E-state index < -0.39 is 0 Å². The van der Waals surface area contributed by atoms with Crippen molar-refractivity contribution in [3.05, 3.63) is 0 Å². The highest BCUT2D eigenvalue weighted by Crippen LogP contribution is 2.14. The smallest absolute Gasteiger partial charge is 0.0589 e. The van der Waals surface area contributed by atoms with Gasteiger partial charge in [0.05, 0.1) is 6.61 Å². The average Bonchev–Trinajstić information content (AvgIpc) is 2.50. The standard InChI is InChI=1S/C9H20N2O/c1-10-7-9-3-4-11(8-9)5-6-12-2/h9-10H,3-8H2,1-2H3. The molecule has 1 fully saturated rings. The highest BCUT2D eigenvalue weighted by molar-refractivity contribution is 4.76. The van der Waals surface area contributed by atoms with Crippen molar-refractivity contribution < 1.29 is 4.74 Å². The molecule has 0 amide bonds. The van der Waals surface area contributed by atoms with Gasteiger partial charge in [-0.1, -0.05) is 0 Å². The van der Waals surface area contributed by atoms with E-state index in [0.717, 1.165) is 25.6 Å². The summed E-state index contributed by atoms with van der Waals surface area (Å²) < 4.78 is 5.04. The maximum absolute atomic E-state index is 5.04. The van der Waals surface area contributed by atoms with Crippen molar-refractivity contribution in [3.8, 4) is 0 Å². The molecule has 3 heteroatoms. The summed E-state index contributed by atoms with van der Waals surface area (Å²) in [4.78, 5) is 2.48. The predicted molar refractivity (Wildman–Crippen MR) is 50.3 cm³/mol. The second-order valence-electron chi connectivity index (χ2n) is 3.51. The van der Waals surface area contributed by atoms with Crippen LogP contribution in [-0.2, 0) is 4.74 Å². The Morgan fingerprint density at radius 1 is 1.58 bits per heavy atom. The Balaban J connectivity index is 2.08. The third-order valence-corrected chi connectivity index (χ3v) is 2.47. The summed E-state index contributed by atoms with van der Waals surface area (Å²) in [6, 6.07) is 0. The molecular weight excluding hydrogens is 152 g/mol. The van der Waals surface area contributed by atoms with E-state index in [4.69, 9.17) is 4.74 Å². The fraction of sp³-hybridized carbons (Fsp3) is 1.00. The van der Waals surface area contributed by atoms with Crippen molar-refractivity contribution in [2.24, 2.45) is 5.92 Å².